The first-order valence-corrected chi connectivity index (χ1v) is 6.02. The largest absolute Gasteiger partial charge is 0.437 e. The summed E-state index contributed by atoms with van der Waals surface area (Å²) in [6.45, 7) is 0. The van der Waals surface area contributed by atoms with Gasteiger partial charge in [0.1, 0.15) is 0 Å². The number of nitrogens with zero attached hydrogens (tertiary/aromatic N) is 3. The summed E-state index contributed by atoms with van der Waals surface area (Å²) in [5, 5.41) is 13.5. The zero-order chi connectivity index (χ0) is 13.8. The lowest BCUT2D eigenvalue weighted by atomic mass is 10.3. The van der Waals surface area contributed by atoms with Crippen molar-refractivity contribution < 1.29 is 9.66 Å². The van der Waals surface area contributed by atoms with E-state index in [1.807, 2.05) is 0 Å². The number of halogens is 1. The Kier molecular flexibility index (Phi) is 3.91. The summed E-state index contributed by atoms with van der Waals surface area (Å²) in [4.78, 5) is 18.2. The molecule has 1 N–H and O–H groups in total. The molecule has 0 spiro atoms. The van der Waals surface area contributed by atoms with E-state index in [2.05, 4.69) is 31.2 Å². The maximum atomic E-state index is 10.7. The number of rotatable bonds is 4. The van der Waals surface area contributed by atoms with Crippen molar-refractivity contribution in [3.8, 4) is 11.6 Å². The van der Waals surface area contributed by atoms with Crippen LogP contribution in [0.3, 0.4) is 0 Å². The van der Waals surface area contributed by atoms with Gasteiger partial charge in [-0.25, -0.2) is 4.98 Å². The lowest BCUT2D eigenvalue weighted by molar-refractivity contribution is -0.384. The highest BCUT2D eigenvalue weighted by molar-refractivity contribution is 9.10. The van der Waals surface area contributed by atoms with Crippen molar-refractivity contribution in [2.75, 3.05) is 12.4 Å². The van der Waals surface area contributed by atoms with Crippen LogP contribution in [-0.2, 0) is 0 Å². The van der Waals surface area contributed by atoms with Gasteiger partial charge < -0.3 is 10.1 Å². The van der Waals surface area contributed by atoms with Crippen molar-refractivity contribution in [2.24, 2.45) is 0 Å². The molecule has 0 aliphatic heterocycles. The van der Waals surface area contributed by atoms with Gasteiger partial charge in [0.25, 0.3) is 5.69 Å². The first-order valence-electron chi connectivity index (χ1n) is 5.23. The Morgan fingerprint density at radius 3 is 2.89 bits per heavy atom. The topological polar surface area (TPSA) is 90.2 Å². The van der Waals surface area contributed by atoms with Gasteiger partial charge in [-0.1, -0.05) is 0 Å². The van der Waals surface area contributed by atoms with Crippen LogP contribution < -0.4 is 10.1 Å². The summed E-state index contributed by atoms with van der Waals surface area (Å²) in [7, 11) is 1.68. The highest BCUT2D eigenvalue weighted by atomic mass is 79.9. The van der Waals surface area contributed by atoms with Crippen LogP contribution in [0.1, 0.15) is 0 Å². The monoisotopic (exact) mass is 324 g/mol. The van der Waals surface area contributed by atoms with Crippen LogP contribution in [0.4, 0.5) is 11.6 Å². The number of non-ortho nitro benzene ring substituents is 1. The number of aromatic nitrogens is 2. The standard InChI is InChI=1S/C11H9BrN4O3/c1-13-11-14-5-4-10(15-11)19-9-6-7(16(17)18)2-3-8(9)12/h2-6H,1H3,(H,13,14,15). The Hall–Kier alpha value is -2.22. The molecule has 8 heteroatoms. The van der Waals surface area contributed by atoms with Crippen LogP contribution in [0.2, 0.25) is 0 Å². The molecule has 0 radical (unpaired) electrons. The van der Waals surface area contributed by atoms with Crippen LogP contribution in [-0.4, -0.2) is 21.9 Å². The molecule has 1 aromatic carbocycles. The van der Waals surface area contributed by atoms with Crippen molar-refractivity contribution in [1.82, 2.24) is 9.97 Å². The molecule has 0 atom stereocenters. The second-order valence-electron chi connectivity index (χ2n) is 3.44. The Morgan fingerprint density at radius 1 is 1.42 bits per heavy atom. The lowest BCUT2D eigenvalue weighted by Crippen LogP contribution is -1.97. The van der Waals surface area contributed by atoms with Gasteiger partial charge in [-0.3, -0.25) is 10.1 Å². The van der Waals surface area contributed by atoms with Crippen LogP contribution in [0.5, 0.6) is 11.6 Å². The predicted octanol–water partition coefficient (Wildman–Crippen LogP) is 2.98. The van der Waals surface area contributed by atoms with E-state index >= 15 is 0 Å². The van der Waals surface area contributed by atoms with Gasteiger partial charge in [-0.05, 0) is 22.0 Å². The van der Waals surface area contributed by atoms with Crippen LogP contribution in [0, 0.1) is 10.1 Å². The van der Waals surface area contributed by atoms with Gasteiger partial charge in [0.15, 0.2) is 5.75 Å². The highest BCUT2D eigenvalue weighted by Gasteiger charge is 2.12. The molecule has 0 aliphatic carbocycles. The van der Waals surface area contributed by atoms with Crippen molar-refractivity contribution >= 4 is 27.6 Å². The minimum Gasteiger partial charge on any atom is -0.437 e. The summed E-state index contributed by atoms with van der Waals surface area (Å²) in [5.74, 6) is 1.01. The molecule has 0 bridgehead atoms. The fourth-order valence-corrected chi connectivity index (χ4v) is 1.64. The third-order valence-corrected chi connectivity index (χ3v) is 2.85. The third-order valence-electron chi connectivity index (χ3n) is 2.19. The number of ether oxygens (including phenoxy) is 1. The minimum atomic E-state index is -0.488. The lowest BCUT2D eigenvalue weighted by Gasteiger charge is -2.07. The van der Waals surface area contributed by atoms with E-state index in [1.54, 1.807) is 19.2 Å². The zero-order valence-electron chi connectivity index (χ0n) is 9.83. The van der Waals surface area contributed by atoms with E-state index in [-0.39, 0.29) is 5.69 Å². The molecule has 7 nitrogen and oxygen atoms in total. The smallest absolute Gasteiger partial charge is 0.273 e. The molecule has 0 unspecified atom stereocenters. The summed E-state index contributed by atoms with van der Waals surface area (Å²) in [6.07, 6.45) is 1.53. The fraction of sp³-hybridized carbons (Fsp3) is 0.0909. The Morgan fingerprint density at radius 2 is 2.21 bits per heavy atom. The minimum absolute atomic E-state index is 0.0545. The number of hydrogen-bond acceptors (Lipinski definition) is 6. The average molecular weight is 325 g/mol. The van der Waals surface area contributed by atoms with E-state index in [9.17, 15) is 10.1 Å². The van der Waals surface area contributed by atoms with Crippen LogP contribution >= 0.6 is 15.9 Å². The first-order chi connectivity index (χ1) is 9.10. The molecular weight excluding hydrogens is 316 g/mol. The van der Waals surface area contributed by atoms with Gasteiger partial charge in [0.05, 0.1) is 15.5 Å². The highest BCUT2D eigenvalue weighted by Crippen LogP contribution is 2.32. The maximum absolute atomic E-state index is 10.7. The van der Waals surface area contributed by atoms with Gasteiger partial charge in [0.2, 0.25) is 11.8 Å². The number of anilines is 1. The molecule has 0 saturated heterocycles. The van der Waals surface area contributed by atoms with Crippen LogP contribution in [0.25, 0.3) is 0 Å². The molecule has 2 rings (SSSR count). The van der Waals surface area contributed by atoms with Gasteiger partial charge >= 0.3 is 0 Å². The van der Waals surface area contributed by atoms with E-state index in [1.165, 1.54) is 18.3 Å². The second-order valence-corrected chi connectivity index (χ2v) is 4.30. The van der Waals surface area contributed by atoms with E-state index < -0.39 is 4.92 Å². The van der Waals surface area contributed by atoms with Crippen molar-refractivity contribution in [3.05, 3.63) is 45.0 Å². The molecule has 98 valence electrons. The third kappa shape index (κ3) is 3.16. The van der Waals surface area contributed by atoms with Crippen molar-refractivity contribution in [1.29, 1.82) is 0 Å². The molecule has 19 heavy (non-hydrogen) atoms. The Bertz CT molecular complexity index is 621. The van der Waals surface area contributed by atoms with Gasteiger partial charge in [-0.2, -0.15) is 4.98 Å². The normalized spacial score (nSPS) is 10.0. The van der Waals surface area contributed by atoms with Crippen molar-refractivity contribution in [2.45, 2.75) is 0 Å². The summed E-state index contributed by atoms with van der Waals surface area (Å²) in [6, 6.07) is 5.82. The Balaban J connectivity index is 2.31. The number of nitro benzene ring substituents is 1. The summed E-state index contributed by atoms with van der Waals surface area (Å²) >= 11 is 3.27. The average Bonchev–Trinajstić information content (AvgIpc) is 2.41. The van der Waals surface area contributed by atoms with E-state index in [0.29, 0.717) is 22.1 Å². The van der Waals surface area contributed by atoms with Gasteiger partial charge in [-0.15, -0.1) is 0 Å². The SMILES string of the molecule is CNc1nccc(Oc2cc([N+](=O)[O-])ccc2Br)n1. The number of benzene rings is 1. The molecule has 0 saturated carbocycles. The summed E-state index contributed by atoms with van der Waals surface area (Å²) < 4.78 is 6.10. The van der Waals surface area contributed by atoms with E-state index in [0.717, 1.165) is 0 Å². The molecule has 0 amide bonds. The van der Waals surface area contributed by atoms with Crippen molar-refractivity contribution in [3.63, 3.8) is 0 Å². The molecule has 0 aliphatic rings. The summed E-state index contributed by atoms with van der Waals surface area (Å²) in [5.41, 5.74) is -0.0545. The predicted molar refractivity (Wildman–Crippen MR) is 72.4 cm³/mol. The quantitative estimate of drug-likeness (QED) is 0.686. The number of hydrogen-bond donors (Lipinski definition) is 1. The second kappa shape index (κ2) is 5.61. The molecule has 1 aromatic heterocycles. The fourth-order valence-electron chi connectivity index (χ4n) is 1.32. The van der Waals surface area contributed by atoms with Gasteiger partial charge in [0, 0.05) is 25.4 Å². The molecular formula is C11H9BrN4O3. The number of nitro groups is 1. The molecule has 1 heterocycles. The molecule has 2 aromatic rings. The van der Waals surface area contributed by atoms with E-state index in [4.69, 9.17) is 4.74 Å². The molecule has 0 fully saturated rings. The zero-order valence-corrected chi connectivity index (χ0v) is 11.4. The first kappa shape index (κ1) is 13.2. The maximum Gasteiger partial charge on any atom is 0.273 e. The Labute approximate surface area is 116 Å². The number of nitrogens with one attached hydrogen (secondary N) is 1. The van der Waals surface area contributed by atoms with Crippen LogP contribution in [0.15, 0.2) is 34.9 Å².